The number of hydrogen-bond acceptors (Lipinski definition) is 5. The number of methoxy groups -OCH3 is 1. The van der Waals surface area contributed by atoms with Crippen LogP contribution < -0.4 is 11.2 Å². The number of nitrogens with zero attached hydrogens (tertiary/aromatic N) is 5. The van der Waals surface area contributed by atoms with E-state index in [1.54, 1.807) is 14.2 Å². The molecule has 8 nitrogen and oxygen atoms in total. The van der Waals surface area contributed by atoms with E-state index in [-0.39, 0.29) is 11.2 Å². The van der Waals surface area contributed by atoms with Gasteiger partial charge in [-0.1, -0.05) is 6.92 Å². The molecule has 1 saturated heterocycles. The van der Waals surface area contributed by atoms with Crippen molar-refractivity contribution < 1.29 is 4.74 Å². The van der Waals surface area contributed by atoms with Crippen LogP contribution in [0.4, 0.5) is 0 Å². The number of piperidine rings is 1. The van der Waals surface area contributed by atoms with Crippen LogP contribution in [-0.4, -0.2) is 50.4 Å². The molecule has 3 rings (SSSR count). The number of fused-ring (bicyclic) bond motifs is 1. The Kier molecular flexibility index (Phi) is 5.10. The predicted molar refractivity (Wildman–Crippen MR) is 95.8 cm³/mol. The maximum atomic E-state index is 12.7. The lowest BCUT2D eigenvalue weighted by atomic mass is 9.99. The first-order chi connectivity index (χ1) is 11.9. The Morgan fingerprint density at radius 3 is 2.48 bits per heavy atom. The Morgan fingerprint density at radius 2 is 1.84 bits per heavy atom. The number of rotatable bonds is 5. The fourth-order valence-corrected chi connectivity index (χ4v) is 3.46. The normalized spacial score (nSPS) is 16.8. The molecule has 0 atom stereocenters. The van der Waals surface area contributed by atoms with Gasteiger partial charge in [0.2, 0.25) is 0 Å². The zero-order chi connectivity index (χ0) is 18.1. The van der Waals surface area contributed by atoms with Crippen molar-refractivity contribution >= 4 is 11.2 Å². The van der Waals surface area contributed by atoms with E-state index in [0.29, 0.717) is 30.9 Å². The lowest BCUT2D eigenvalue weighted by molar-refractivity contribution is 0.171. The second kappa shape index (κ2) is 7.13. The minimum atomic E-state index is -0.354. The van der Waals surface area contributed by atoms with E-state index in [4.69, 9.17) is 4.74 Å². The molecule has 0 unspecified atom stereocenters. The van der Waals surface area contributed by atoms with Gasteiger partial charge in [-0.2, -0.15) is 0 Å². The highest BCUT2D eigenvalue weighted by Gasteiger charge is 2.22. The number of hydrogen-bond donors (Lipinski definition) is 0. The molecule has 2 aromatic rings. The first-order valence-electron chi connectivity index (χ1n) is 8.80. The van der Waals surface area contributed by atoms with Crippen LogP contribution >= 0.6 is 0 Å². The molecule has 138 valence electrons. The Morgan fingerprint density at radius 1 is 1.16 bits per heavy atom. The molecule has 1 aliphatic heterocycles. The smallest absolute Gasteiger partial charge is 0.332 e. The SMILES string of the molecule is COCCn1c(CN2CCC(C)CC2)nc2c1c(=O)n(C)c(=O)n2C. The van der Waals surface area contributed by atoms with Crippen molar-refractivity contribution in [1.29, 1.82) is 0 Å². The Balaban J connectivity index is 2.07. The van der Waals surface area contributed by atoms with Gasteiger partial charge in [0.15, 0.2) is 11.2 Å². The topological polar surface area (TPSA) is 74.3 Å². The molecule has 8 heteroatoms. The van der Waals surface area contributed by atoms with E-state index < -0.39 is 0 Å². The summed E-state index contributed by atoms with van der Waals surface area (Å²) in [6.07, 6.45) is 2.36. The summed E-state index contributed by atoms with van der Waals surface area (Å²) in [5.74, 6) is 1.58. The van der Waals surface area contributed by atoms with Gasteiger partial charge >= 0.3 is 5.69 Å². The van der Waals surface area contributed by atoms with E-state index in [1.807, 2.05) is 4.57 Å². The molecule has 1 aliphatic rings. The monoisotopic (exact) mass is 349 g/mol. The van der Waals surface area contributed by atoms with E-state index in [2.05, 4.69) is 16.8 Å². The summed E-state index contributed by atoms with van der Waals surface area (Å²) < 4.78 is 9.71. The third-order valence-corrected chi connectivity index (χ3v) is 5.19. The average molecular weight is 349 g/mol. The molecule has 0 bridgehead atoms. The molecule has 0 aliphatic carbocycles. The molecule has 0 radical (unpaired) electrons. The van der Waals surface area contributed by atoms with Crippen LogP contribution in [-0.2, 0) is 31.9 Å². The molecule has 1 fully saturated rings. The van der Waals surface area contributed by atoms with Gasteiger partial charge < -0.3 is 9.30 Å². The van der Waals surface area contributed by atoms with Crippen LogP contribution in [0.3, 0.4) is 0 Å². The van der Waals surface area contributed by atoms with Crippen LogP contribution in [0.25, 0.3) is 11.2 Å². The summed E-state index contributed by atoms with van der Waals surface area (Å²) in [5.41, 5.74) is 0.263. The minimum absolute atomic E-state index is 0.305. The average Bonchev–Trinajstić information content (AvgIpc) is 2.96. The number of likely N-dealkylation sites (tertiary alicyclic amines) is 1. The quantitative estimate of drug-likeness (QED) is 0.777. The standard InChI is InChI=1S/C17H27N5O3/c1-12-5-7-21(8-6-12)11-13-18-15-14(22(13)9-10-25-4)16(23)20(3)17(24)19(15)2/h12H,5-11H2,1-4H3. The van der Waals surface area contributed by atoms with Crippen molar-refractivity contribution in [2.24, 2.45) is 20.0 Å². The summed E-state index contributed by atoms with van der Waals surface area (Å²) >= 11 is 0. The van der Waals surface area contributed by atoms with Gasteiger partial charge in [0.25, 0.3) is 5.56 Å². The predicted octanol–water partition coefficient (Wildman–Crippen LogP) is 0.312. The highest BCUT2D eigenvalue weighted by atomic mass is 16.5. The van der Waals surface area contributed by atoms with Crippen molar-refractivity contribution in [2.75, 3.05) is 26.8 Å². The highest BCUT2D eigenvalue weighted by Crippen LogP contribution is 2.19. The molecular weight excluding hydrogens is 322 g/mol. The van der Waals surface area contributed by atoms with Crippen LogP contribution in [0, 0.1) is 5.92 Å². The molecule has 2 aromatic heterocycles. The zero-order valence-corrected chi connectivity index (χ0v) is 15.5. The van der Waals surface area contributed by atoms with Crippen LogP contribution in [0.1, 0.15) is 25.6 Å². The maximum absolute atomic E-state index is 12.7. The van der Waals surface area contributed by atoms with Crippen molar-refractivity contribution in [3.05, 3.63) is 26.7 Å². The molecule has 0 spiro atoms. The zero-order valence-electron chi connectivity index (χ0n) is 15.5. The van der Waals surface area contributed by atoms with E-state index in [0.717, 1.165) is 29.4 Å². The lowest BCUT2D eigenvalue weighted by Gasteiger charge is -2.29. The molecule has 0 amide bonds. The van der Waals surface area contributed by atoms with Gasteiger partial charge in [0.05, 0.1) is 13.2 Å². The van der Waals surface area contributed by atoms with E-state index in [9.17, 15) is 9.59 Å². The molecule has 3 heterocycles. The van der Waals surface area contributed by atoms with Gasteiger partial charge in [-0.25, -0.2) is 9.78 Å². The van der Waals surface area contributed by atoms with Crippen LogP contribution in [0.2, 0.25) is 0 Å². The molecule has 0 aromatic carbocycles. The summed E-state index contributed by atoms with van der Waals surface area (Å²) in [7, 11) is 4.80. The van der Waals surface area contributed by atoms with Gasteiger partial charge in [0.1, 0.15) is 5.82 Å². The first-order valence-corrected chi connectivity index (χ1v) is 8.80. The summed E-state index contributed by atoms with van der Waals surface area (Å²) in [6, 6.07) is 0. The van der Waals surface area contributed by atoms with Crippen molar-refractivity contribution in [3.63, 3.8) is 0 Å². The summed E-state index contributed by atoms with van der Waals surface area (Å²) in [5, 5.41) is 0. The Labute approximate surface area is 146 Å². The lowest BCUT2D eigenvalue weighted by Crippen LogP contribution is -2.37. The van der Waals surface area contributed by atoms with Crippen molar-refractivity contribution in [1.82, 2.24) is 23.6 Å². The number of imidazole rings is 1. The van der Waals surface area contributed by atoms with Crippen LogP contribution in [0.5, 0.6) is 0 Å². The van der Waals surface area contributed by atoms with Crippen molar-refractivity contribution in [2.45, 2.75) is 32.9 Å². The second-order valence-corrected chi connectivity index (χ2v) is 7.01. The van der Waals surface area contributed by atoms with Gasteiger partial charge in [-0.05, 0) is 31.8 Å². The molecular formula is C17H27N5O3. The third-order valence-electron chi connectivity index (χ3n) is 5.19. The first kappa shape index (κ1) is 17.9. The van der Waals surface area contributed by atoms with Crippen LogP contribution in [0.15, 0.2) is 9.59 Å². The largest absolute Gasteiger partial charge is 0.383 e. The molecule has 0 saturated carbocycles. The maximum Gasteiger partial charge on any atom is 0.332 e. The highest BCUT2D eigenvalue weighted by molar-refractivity contribution is 5.71. The van der Waals surface area contributed by atoms with Gasteiger partial charge in [-0.15, -0.1) is 0 Å². The van der Waals surface area contributed by atoms with E-state index in [1.165, 1.54) is 24.5 Å². The number of aryl methyl sites for hydroxylation is 1. The third kappa shape index (κ3) is 3.28. The Bertz CT molecular complexity index is 871. The van der Waals surface area contributed by atoms with Crippen molar-refractivity contribution in [3.8, 4) is 0 Å². The fraction of sp³-hybridized carbons (Fsp3) is 0.706. The number of ether oxygens (including phenoxy) is 1. The summed E-state index contributed by atoms with van der Waals surface area (Å²) in [4.78, 5) is 31.9. The Hall–Kier alpha value is -1.93. The van der Waals surface area contributed by atoms with E-state index >= 15 is 0 Å². The molecule has 25 heavy (non-hydrogen) atoms. The molecule has 0 N–H and O–H groups in total. The summed E-state index contributed by atoms with van der Waals surface area (Å²) in [6.45, 7) is 6.06. The second-order valence-electron chi connectivity index (χ2n) is 7.01. The fourth-order valence-electron chi connectivity index (χ4n) is 3.46. The number of aromatic nitrogens is 4. The van der Waals surface area contributed by atoms with Gasteiger partial charge in [0, 0.05) is 27.7 Å². The minimum Gasteiger partial charge on any atom is -0.383 e. The van der Waals surface area contributed by atoms with Gasteiger partial charge in [-0.3, -0.25) is 18.8 Å².